The van der Waals surface area contributed by atoms with Crippen LogP contribution in [0.5, 0.6) is 0 Å². The minimum absolute atomic E-state index is 0.991. The van der Waals surface area contributed by atoms with Crippen molar-refractivity contribution in [3.8, 4) is 0 Å². The first-order chi connectivity index (χ1) is 6.95. The van der Waals surface area contributed by atoms with Gasteiger partial charge in [-0.25, -0.2) is 0 Å². The smallest absolute Gasteiger partial charge is 0.00205 e. The number of rotatable bonds is 5. The molecule has 0 aromatic rings. The van der Waals surface area contributed by atoms with Crippen LogP contribution in [-0.2, 0) is 0 Å². The molecule has 0 radical (unpaired) electrons. The molecular weight excluding hydrogens is 172 g/mol. The predicted octanol–water partition coefficient (Wildman–Crippen LogP) is 1.77. The Morgan fingerprint density at radius 1 is 1.00 bits per heavy atom. The van der Waals surface area contributed by atoms with Crippen molar-refractivity contribution in [2.24, 2.45) is 11.8 Å². The molecule has 1 heterocycles. The summed E-state index contributed by atoms with van der Waals surface area (Å²) in [5, 5.41) is 7.04. The normalized spacial score (nSPS) is 24.9. The molecule has 1 aliphatic carbocycles. The maximum Gasteiger partial charge on any atom is -0.00205 e. The summed E-state index contributed by atoms with van der Waals surface area (Å²) in [6.07, 6.45) is 8.60. The Balaban J connectivity index is 1.45. The third kappa shape index (κ3) is 3.25. The van der Waals surface area contributed by atoms with Crippen LogP contribution in [-0.4, -0.2) is 26.2 Å². The van der Waals surface area contributed by atoms with E-state index in [2.05, 4.69) is 10.6 Å². The largest absolute Gasteiger partial charge is 0.317 e. The molecular formula is C12H24N2. The molecule has 0 aromatic carbocycles. The Labute approximate surface area is 87.8 Å². The van der Waals surface area contributed by atoms with Crippen LogP contribution in [0.15, 0.2) is 0 Å². The highest BCUT2D eigenvalue weighted by Gasteiger charge is 2.17. The van der Waals surface area contributed by atoms with Crippen LogP contribution >= 0.6 is 0 Å². The molecule has 0 aromatic heterocycles. The van der Waals surface area contributed by atoms with Gasteiger partial charge in [-0.3, -0.25) is 0 Å². The van der Waals surface area contributed by atoms with E-state index in [-0.39, 0.29) is 0 Å². The van der Waals surface area contributed by atoms with Crippen molar-refractivity contribution in [1.82, 2.24) is 10.6 Å². The quantitative estimate of drug-likeness (QED) is 0.655. The fourth-order valence-corrected chi connectivity index (χ4v) is 2.48. The summed E-state index contributed by atoms with van der Waals surface area (Å²) in [6.45, 7) is 5.02. The van der Waals surface area contributed by atoms with Crippen LogP contribution in [0.4, 0.5) is 0 Å². The first-order valence-corrected chi connectivity index (χ1v) is 6.36. The maximum atomic E-state index is 3.61. The van der Waals surface area contributed by atoms with Gasteiger partial charge in [-0.1, -0.05) is 6.42 Å². The average molecular weight is 196 g/mol. The second-order valence-corrected chi connectivity index (χ2v) is 4.98. The lowest BCUT2D eigenvalue weighted by molar-refractivity contribution is 0.291. The number of piperidine rings is 1. The highest BCUT2D eigenvalue weighted by Crippen LogP contribution is 2.25. The van der Waals surface area contributed by atoms with E-state index in [9.17, 15) is 0 Å². The molecule has 0 spiro atoms. The summed E-state index contributed by atoms with van der Waals surface area (Å²) in [5.74, 6) is 2.01. The second-order valence-electron chi connectivity index (χ2n) is 4.98. The molecule has 0 atom stereocenters. The lowest BCUT2D eigenvalue weighted by atomic mass is 9.85. The molecule has 14 heavy (non-hydrogen) atoms. The monoisotopic (exact) mass is 196 g/mol. The number of hydrogen-bond acceptors (Lipinski definition) is 2. The third-order valence-corrected chi connectivity index (χ3v) is 3.85. The standard InChI is InChI=1S/C12H24N2/c1-2-12(3-1)10-14-9-6-11-4-7-13-8-5-11/h11-14H,1-10H2. The highest BCUT2D eigenvalue weighted by molar-refractivity contribution is 4.73. The van der Waals surface area contributed by atoms with Crippen LogP contribution in [0.25, 0.3) is 0 Å². The first-order valence-electron chi connectivity index (χ1n) is 6.36. The minimum atomic E-state index is 0.991. The van der Waals surface area contributed by atoms with E-state index in [1.807, 2.05) is 0 Å². The van der Waals surface area contributed by atoms with E-state index >= 15 is 0 Å². The molecule has 2 N–H and O–H groups in total. The van der Waals surface area contributed by atoms with Crippen LogP contribution in [0.3, 0.4) is 0 Å². The molecule has 1 saturated carbocycles. The first kappa shape index (κ1) is 10.4. The lowest BCUT2D eigenvalue weighted by Gasteiger charge is -2.26. The van der Waals surface area contributed by atoms with Crippen molar-refractivity contribution < 1.29 is 0 Å². The molecule has 1 aliphatic heterocycles. The van der Waals surface area contributed by atoms with Crippen molar-refractivity contribution in [1.29, 1.82) is 0 Å². The van der Waals surface area contributed by atoms with Gasteiger partial charge >= 0.3 is 0 Å². The molecule has 2 heteroatoms. The summed E-state index contributed by atoms with van der Waals surface area (Å²) >= 11 is 0. The van der Waals surface area contributed by atoms with Crippen molar-refractivity contribution in [2.45, 2.75) is 38.5 Å². The zero-order valence-electron chi connectivity index (χ0n) is 9.23. The van der Waals surface area contributed by atoms with E-state index < -0.39 is 0 Å². The predicted molar refractivity (Wildman–Crippen MR) is 60.4 cm³/mol. The molecule has 1 saturated heterocycles. The Morgan fingerprint density at radius 3 is 2.43 bits per heavy atom. The van der Waals surface area contributed by atoms with Gasteiger partial charge in [0, 0.05) is 0 Å². The van der Waals surface area contributed by atoms with Gasteiger partial charge in [-0.15, -0.1) is 0 Å². The Morgan fingerprint density at radius 2 is 1.79 bits per heavy atom. The van der Waals surface area contributed by atoms with Crippen LogP contribution in [0.2, 0.25) is 0 Å². The van der Waals surface area contributed by atoms with Gasteiger partial charge in [-0.2, -0.15) is 0 Å². The van der Waals surface area contributed by atoms with Gasteiger partial charge in [0.2, 0.25) is 0 Å². The molecule has 0 unspecified atom stereocenters. The van der Waals surface area contributed by atoms with Crippen molar-refractivity contribution >= 4 is 0 Å². The topological polar surface area (TPSA) is 24.1 Å². The van der Waals surface area contributed by atoms with Crippen LogP contribution in [0, 0.1) is 11.8 Å². The zero-order valence-corrected chi connectivity index (χ0v) is 9.23. The average Bonchev–Trinajstić information content (AvgIpc) is 2.16. The molecule has 2 fully saturated rings. The fourth-order valence-electron chi connectivity index (χ4n) is 2.48. The van der Waals surface area contributed by atoms with Gasteiger partial charge in [0.1, 0.15) is 0 Å². The van der Waals surface area contributed by atoms with E-state index in [1.165, 1.54) is 64.7 Å². The van der Waals surface area contributed by atoms with Crippen molar-refractivity contribution in [3.05, 3.63) is 0 Å². The zero-order chi connectivity index (χ0) is 9.64. The van der Waals surface area contributed by atoms with Gasteiger partial charge in [0.05, 0.1) is 0 Å². The third-order valence-electron chi connectivity index (χ3n) is 3.85. The van der Waals surface area contributed by atoms with Crippen molar-refractivity contribution in [3.63, 3.8) is 0 Å². The molecule has 0 bridgehead atoms. The fraction of sp³-hybridized carbons (Fsp3) is 1.00. The number of nitrogens with one attached hydrogen (secondary N) is 2. The SMILES string of the molecule is C1CC(CNCCC2CCNCC2)C1. The number of hydrogen-bond donors (Lipinski definition) is 2. The summed E-state index contributed by atoms with van der Waals surface area (Å²) in [7, 11) is 0. The van der Waals surface area contributed by atoms with E-state index in [4.69, 9.17) is 0 Å². The van der Waals surface area contributed by atoms with Crippen molar-refractivity contribution in [2.75, 3.05) is 26.2 Å². The summed E-state index contributed by atoms with van der Waals surface area (Å²) in [5.41, 5.74) is 0. The van der Waals surface area contributed by atoms with E-state index in [1.54, 1.807) is 0 Å². The molecule has 82 valence electrons. The van der Waals surface area contributed by atoms with Gasteiger partial charge in [-0.05, 0) is 70.1 Å². The Kier molecular flexibility index (Phi) is 4.26. The minimum Gasteiger partial charge on any atom is -0.317 e. The molecule has 2 rings (SSSR count). The molecule has 2 aliphatic rings. The van der Waals surface area contributed by atoms with Gasteiger partial charge in [0.25, 0.3) is 0 Å². The summed E-state index contributed by atoms with van der Waals surface area (Å²) in [4.78, 5) is 0. The Bertz CT molecular complexity index is 148. The van der Waals surface area contributed by atoms with E-state index in [0.29, 0.717) is 0 Å². The van der Waals surface area contributed by atoms with Crippen LogP contribution < -0.4 is 10.6 Å². The molecule has 0 amide bonds. The van der Waals surface area contributed by atoms with Gasteiger partial charge in [0.15, 0.2) is 0 Å². The van der Waals surface area contributed by atoms with Crippen LogP contribution in [0.1, 0.15) is 38.5 Å². The second kappa shape index (κ2) is 5.72. The maximum absolute atomic E-state index is 3.61. The Hall–Kier alpha value is -0.0800. The summed E-state index contributed by atoms with van der Waals surface area (Å²) in [6, 6.07) is 0. The summed E-state index contributed by atoms with van der Waals surface area (Å²) < 4.78 is 0. The highest BCUT2D eigenvalue weighted by atomic mass is 14.9. The lowest BCUT2D eigenvalue weighted by Crippen LogP contribution is -2.32. The molecule has 2 nitrogen and oxygen atoms in total. The van der Waals surface area contributed by atoms with Gasteiger partial charge < -0.3 is 10.6 Å². The van der Waals surface area contributed by atoms with E-state index in [0.717, 1.165) is 11.8 Å².